The minimum atomic E-state index is 0.256. The average Bonchev–Trinajstić information content (AvgIpc) is 2.27. The van der Waals surface area contributed by atoms with Crippen molar-refractivity contribution in [1.82, 2.24) is 4.90 Å². The zero-order chi connectivity index (χ0) is 10.8. The van der Waals surface area contributed by atoms with E-state index in [9.17, 15) is 5.11 Å². The fourth-order valence-electron chi connectivity index (χ4n) is 2.38. The minimum absolute atomic E-state index is 0.256. The van der Waals surface area contributed by atoms with Crippen LogP contribution in [0.2, 0.25) is 0 Å². The largest absolute Gasteiger partial charge is 0.395 e. The van der Waals surface area contributed by atoms with Crippen LogP contribution >= 0.6 is 0 Å². The predicted molar refractivity (Wildman–Crippen MR) is 61.7 cm³/mol. The molecule has 1 N–H and O–H groups in total. The second kappa shape index (κ2) is 4.33. The molecule has 0 amide bonds. The molecule has 0 saturated carbocycles. The van der Waals surface area contributed by atoms with Crippen LogP contribution in [-0.2, 0) is 13.0 Å². The second-order valence-electron chi connectivity index (χ2n) is 4.58. The molecule has 15 heavy (non-hydrogen) atoms. The van der Waals surface area contributed by atoms with Crippen molar-refractivity contribution in [2.45, 2.75) is 38.9 Å². The van der Waals surface area contributed by atoms with E-state index in [-0.39, 0.29) is 6.61 Å². The maximum absolute atomic E-state index is 9.39. The Balaban J connectivity index is 2.26. The number of rotatable bonds is 2. The van der Waals surface area contributed by atoms with Crippen LogP contribution in [-0.4, -0.2) is 28.7 Å². The molecule has 82 valence electrons. The quantitative estimate of drug-likeness (QED) is 0.796. The third-order valence-corrected chi connectivity index (χ3v) is 3.27. The number of hydrogen-bond acceptors (Lipinski definition) is 2. The molecule has 1 aromatic rings. The predicted octanol–water partition coefficient (Wildman–Crippen LogP) is 1.81. The van der Waals surface area contributed by atoms with Crippen LogP contribution in [0.1, 0.15) is 25.0 Å². The summed E-state index contributed by atoms with van der Waals surface area (Å²) in [4.78, 5) is 2.38. The summed E-state index contributed by atoms with van der Waals surface area (Å²) in [6.07, 6.45) is 0.977. The topological polar surface area (TPSA) is 23.5 Å². The van der Waals surface area contributed by atoms with Gasteiger partial charge in [0.05, 0.1) is 6.61 Å². The summed E-state index contributed by atoms with van der Waals surface area (Å²) in [5, 5.41) is 9.39. The van der Waals surface area contributed by atoms with Gasteiger partial charge in [0.15, 0.2) is 0 Å². The highest BCUT2D eigenvalue weighted by atomic mass is 16.3. The lowest BCUT2D eigenvalue weighted by molar-refractivity contribution is 0.0791. The zero-order valence-corrected chi connectivity index (χ0v) is 9.48. The van der Waals surface area contributed by atoms with E-state index in [0.29, 0.717) is 12.1 Å². The standard InChI is InChI=1S/C13H19NO/c1-10(2)14-8-12-6-4-3-5-11(12)7-13(14)9-15/h3-6,10,13,15H,7-9H2,1-2H3/t13-/m0/s1. The molecule has 0 radical (unpaired) electrons. The number of aliphatic hydroxyl groups is 1. The smallest absolute Gasteiger partial charge is 0.0590 e. The van der Waals surface area contributed by atoms with E-state index in [1.807, 2.05) is 0 Å². The first-order valence-corrected chi connectivity index (χ1v) is 5.65. The maximum Gasteiger partial charge on any atom is 0.0590 e. The first kappa shape index (κ1) is 10.7. The Labute approximate surface area is 91.5 Å². The Kier molecular flexibility index (Phi) is 3.08. The van der Waals surface area contributed by atoms with E-state index >= 15 is 0 Å². The molecule has 0 fully saturated rings. The summed E-state index contributed by atoms with van der Waals surface area (Å²) >= 11 is 0. The van der Waals surface area contributed by atoms with Crippen LogP contribution in [0.15, 0.2) is 24.3 Å². The molecule has 1 aliphatic rings. The van der Waals surface area contributed by atoms with E-state index in [1.165, 1.54) is 11.1 Å². The van der Waals surface area contributed by atoms with Gasteiger partial charge >= 0.3 is 0 Å². The lowest BCUT2D eigenvalue weighted by Crippen LogP contribution is -2.46. The Morgan fingerprint density at radius 2 is 2.00 bits per heavy atom. The Morgan fingerprint density at radius 3 is 2.60 bits per heavy atom. The van der Waals surface area contributed by atoms with E-state index in [2.05, 4.69) is 43.0 Å². The monoisotopic (exact) mass is 205 g/mol. The summed E-state index contributed by atoms with van der Waals surface area (Å²) < 4.78 is 0. The molecule has 0 saturated heterocycles. The van der Waals surface area contributed by atoms with Gasteiger partial charge in [-0.2, -0.15) is 0 Å². The summed E-state index contributed by atoms with van der Waals surface area (Å²) in [7, 11) is 0. The number of aliphatic hydroxyl groups excluding tert-OH is 1. The van der Waals surface area contributed by atoms with Crippen molar-refractivity contribution in [1.29, 1.82) is 0 Å². The van der Waals surface area contributed by atoms with Crippen LogP contribution in [0.4, 0.5) is 0 Å². The molecule has 1 heterocycles. The summed E-state index contributed by atoms with van der Waals surface area (Å²) in [6, 6.07) is 9.33. The second-order valence-corrected chi connectivity index (χ2v) is 4.58. The van der Waals surface area contributed by atoms with Gasteiger partial charge in [-0.05, 0) is 31.4 Å². The van der Waals surface area contributed by atoms with Gasteiger partial charge in [0.1, 0.15) is 0 Å². The van der Waals surface area contributed by atoms with Crippen LogP contribution in [0.25, 0.3) is 0 Å². The van der Waals surface area contributed by atoms with Crippen molar-refractivity contribution < 1.29 is 5.11 Å². The minimum Gasteiger partial charge on any atom is -0.395 e. The first-order valence-electron chi connectivity index (χ1n) is 5.65. The molecule has 2 nitrogen and oxygen atoms in total. The average molecular weight is 205 g/mol. The van der Waals surface area contributed by atoms with Gasteiger partial charge in [-0.15, -0.1) is 0 Å². The SMILES string of the molecule is CC(C)N1Cc2ccccc2C[C@H]1CO. The molecule has 0 aliphatic carbocycles. The third kappa shape index (κ3) is 2.06. The Bertz CT molecular complexity index is 335. The Morgan fingerprint density at radius 1 is 1.33 bits per heavy atom. The number of hydrogen-bond donors (Lipinski definition) is 1. The van der Waals surface area contributed by atoms with Gasteiger partial charge in [0.2, 0.25) is 0 Å². The van der Waals surface area contributed by atoms with Gasteiger partial charge in [-0.25, -0.2) is 0 Å². The third-order valence-electron chi connectivity index (χ3n) is 3.27. The van der Waals surface area contributed by atoms with E-state index in [0.717, 1.165) is 13.0 Å². The number of fused-ring (bicyclic) bond motifs is 1. The molecule has 2 heteroatoms. The van der Waals surface area contributed by atoms with E-state index in [4.69, 9.17) is 0 Å². The normalized spacial score (nSPS) is 21.7. The molecule has 0 unspecified atom stereocenters. The van der Waals surface area contributed by atoms with Gasteiger partial charge in [-0.3, -0.25) is 4.90 Å². The first-order chi connectivity index (χ1) is 7.22. The van der Waals surface area contributed by atoms with E-state index in [1.54, 1.807) is 0 Å². The van der Waals surface area contributed by atoms with Crippen LogP contribution in [0.5, 0.6) is 0 Å². The molecule has 0 bridgehead atoms. The van der Waals surface area contributed by atoms with Crippen LogP contribution < -0.4 is 0 Å². The Hall–Kier alpha value is -0.860. The van der Waals surface area contributed by atoms with Crippen LogP contribution in [0.3, 0.4) is 0 Å². The van der Waals surface area contributed by atoms with Crippen molar-refractivity contribution in [3.05, 3.63) is 35.4 Å². The fourth-order valence-corrected chi connectivity index (χ4v) is 2.38. The maximum atomic E-state index is 9.39. The molecule has 1 atom stereocenters. The highest BCUT2D eigenvalue weighted by Gasteiger charge is 2.26. The fraction of sp³-hybridized carbons (Fsp3) is 0.538. The van der Waals surface area contributed by atoms with E-state index < -0.39 is 0 Å². The van der Waals surface area contributed by atoms with Gasteiger partial charge in [-0.1, -0.05) is 24.3 Å². The van der Waals surface area contributed by atoms with Crippen molar-refractivity contribution in [3.63, 3.8) is 0 Å². The highest BCUT2D eigenvalue weighted by molar-refractivity contribution is 5.30. The van der Waals surface area contributed by atoms with Crippen molar-refractivity contribution in [2.75, 3.05) is 6.61 Å². The molecule has 0 spiro atoms. The molecule has 1 aromatic carbocycles. The summed E-state index contributed by atoms with van der Waals surface area (Å²) in [6.45, 7) is 5.61. The van der Waals surface area contributed by atoms with Crippen molar-refractivity contribution >= 4 is 0 Å². The highest BCUT2D eigenvalue weighted by Crippen LogP contribution is 2.24. The molecular formula is C13H19NO. The lowest BCUT2D eigenvalue weighted by atomic mass is 9.93. The van der Waals surface area contributed by atoms with Gasteiger partial charge in [0, 0.05) is 18.6 Å². The molecule has 2 rings (SSSR count). The number of nitrogens with zero attached hydrogens (tertiary/aromatic N) is 1. The summed E-state index contributed by atoms with van der Waals surface area (Å²) in [5.41, 5.74) is 2.81. The zero-order valence-electron chi connectivity index (χ0n) is 9.48. The van der Waals surface area contributed by atoms with Crippen molar-refractivity contribution in [3.8, 4) is 0 Å². The number of benzene rings is 1. The van der Waals surface area contributed by atoms with Gasteiger partial charge < -0.3 is 5.11 Å². The van der Waals surface area contributed by atoms with Crippen molar-refractivity contribution in [2.24, 2.45) is 0 Å². The molecule has 0 aromatic heterocycles. The summed E-state index contributed by atoms with van der Waals surface area (Å²) in [5.74, 6) is 0. The van der Waals surface area contributed by atoms with Crippen LogP contribution in [0, 0.1) is 0 Å². The molecular weight excluding hydrogens is 186 g/mol. The van der Waals surface area contributed by atoms with Gasteiger partial charge in [0.25, 0.3) is 0 Å². The lowest BCUT2D eigenvalue weighted by Gasteiger charge is -2.38. The molecule has 1 aliphatic heterocycles.